The van der Waals surface area contributed by atoms with E-state index in [1.807, 2.05) is 24.5 Å². The SMILES string of the molecule is CCCn1ccnc1C(Cc1ccc(Cl)cc1Cl)NCC. The summed E-state index contributed by atoms with van der Waals surface area (Å²) in [5.41, 5.74) is 1.08. The van der Waals surface area contributed by atoms with Crippen molar-refractivity contribution in [1.29, 1.82) is 0 Å². The van der Waals surface area contributed by atoms with Crippen LogP contribution in [0.5, 0.6) is 0 Å². The van der Waals surface area contributed by atoms with E-state index >= 15 is 0 Å². The highest BCUT2D eigenvalue weighted by molar-refractivity contribution is 6.35. The minimum absolute atomic E-state index is 0.148. The van der Waals surface area contributed by atoms with Crippen LogP contribution >= 0.6 is 23.2 Å². The van der Waals surface area contributed by atoms with Crippen LogP contribution in [0.25, 0.3) is 0 Å². The second kappa shape index (κ2) is 7.83. The van der Waals surface area contributed by atoms with Gasteiger partial charge in [-0.15, -0.1) is 0 Å². The normalized spacial score (nSPS) is 12.6. The molecule has 114 valence electrons. The number of aromatic nitrogens is 2. The Morgan fingerprint density at radius 2 is 2.10 bits per heavy atom. The van der Waals surface area contributed by atoms with E-state index in [1.165, 1.54) is 0 Å². The maximum atomic E-state index is 6.30. The van der Waals surface area contributed by atoms with Gasteiger partial charge in [0.25, 0.3) is 0 Å². The molecule has 0 saturated heterocycles. The van der Waals surface area contributed by atoms with Gasteiger partial charge in [-0.25, -0.2) is 4.98 Å². The molecule has 21 heavy (non-hydrogen) atoms. The zero-order chi connectivity index (χ0) is 15.2. The Kier molecular flexibility index (Phi) is 6.09. The van der Waals surface area contributed by atoms with Crippen molar-refractivity contribution in [2.24, 2.45) is 0 Å². The summed E-state index contributed by atoms with van der Waals surface area (Å²) in [7, 11) is 0. The van der Waals surface area contributed by atoms with Crippen molar-refractivity contribution in [2.45, 2.75) is 39.3 Å². The number of aryl methyl sites for hydroxylation is 1. The first-order chi connectivity index (χ1) is 10.2. The van der Waals surface area contributed by atoms with Crippen molar-refractivity contribution >= 4 is 23.2 Å². The predicted molar refractivity (Wildman–Crippen MR) is 89.1 cm³/mol. The highest BCUT2D eigenvalue weighted by atomic mass is 35.5. The maximum Gasteiger partial charge on any atom is 0.126 e. The van der Waals surface area contributed by atoms with Crippen molar-refractivity contribution in [3.63, 3.8) is 0 Å². The van der Waals surface area contributed by atoms with Crippen molar-refractivity contribution in [2.75, 3.05) is 6.54 Å². The molecular weight excluding hydrogens is 305 g/mol. The molecule has 0 amide bonds. The van der Waals surface area contributed by atoms with Crippen LogP contribution < -0.4 is 5.32 Å². The summed E-state index contributed by atoms with van der Waals surface area (Å²) >= 11 is 12.3. The Labute approximate surface area is 136 Å². The topological polar surface area (TPSA) is 29.9 Å². The number of hydrogen-bond donors (Lipinski definition) is 1. The van der Waals surface area contributed by atoms with Crippen LogP contribution in [0.1, 0.15) is 37.7 Å². The van der Waals surface area contributed by atoms with Crippen LogP contribution in [0, 0.1) is 0 Å². The fourth-order valence-electron chi connectivity index (χ4n) is 2.47. The van der Waals surface area contributed by atoms with E-state index in [0.29, 0.717) is 10.0 Å². The van der Waals surface area contributed by atoms with Crippen LogP contribution in [-0.4, -0.2) is 16.1 Å². The van der Waals surface area contributed by atoms with Gasteiger partial charge in [0.05, 0.1) is 6.04 Å². The molecule has 2 rings (SSSR count). The zero-order valence-electron chi connectivity index (χ0n) is 12.4. The van der Waals surface area contributed by atoms with Gasteiger partial charge in [0.2, 0.25) is 0 Å². The smallest absolute Gasteiger partial charge is 0.126 e. The number of rotatable bonds is 7. The van der Waals surface area contributed by atoms with E-state index in [1.54, 1.807) is 6.07 Å². The lowest BCUT2D eigenvalue weighted by atomic mass is 10.0. The van der Waals surface area contributed by atoms with Crippen LogP contribution in [0.2, 0.25) is 10.0 Å². The van der Waals surface area contributed by atoms with Crippen molar-refractivity contribution in [3.8, 4) is 0 Å². The van der Waals surface area contributed by atoms with Gasteiger partial charge in [0, 0.05) is 29.0 Å². The van der Waals surface area contributed by atoms with Gasteiger partial charge in [0.1, 0.15) is 5.82 Å². The maximum absolute atomic E-state index is 6.30. The summed E-state index contributed by atoms with van der Waals surface area (Å²) in [6.07, 6.45) is 5.78. The van der Waals surface area contributed by atoms with Crippen LogP contribution in [-0.2, 0) is 13.0 Å². The number of benzene rings is 1. The highest BCUT2D eigenvalue weighted by Gasteiger charge is 2.17. The van der Waals surface area contributed by atoms with Crippen molar-refractivity contribution < 1.29 is 0 Å². The fourth-order valence-corrected chi connectivity index (χ4v) is 2.95. The van der Waals surface area contributed by atoms with Gasteiger partial charge < -0.3 is 9.88 Å². The first-order valence-electron chi connectivity index (χ1n) is 7.34. The van der Waals surface area contributed by atoms with Crippen LogP contribution in [0.15, 0.2) is 30.6 Å². The van der Waals surface area contributed by atoms with E-state index in [9.17, 15) is 0 Å². The van der Waals surface area contributed by atoms with Crippen LogP contribution in [0.4, 0.5) is 0 Å². The Balaban J connectivity index is 2.24. The molecule has 1 heterocycles. The summed E-state index contributed by atoms with van der Waals surface area (Å²) in [4.78, 5) is 4.53. The molecule has 0 bridgehead atoms. The first-order valence-corrected chi connectivity index (χ1v) is 8.09. The number of hydrogen-bond acceptors (Lipinski definition) is 2. The van der Waals surface area contributed by atoms with Gasteiger partial charge in [0.15, 0.2) is 0 Å². The molecule has 1 aromatic heterocycles. The Bertz CT molecular complexity index is 581. The lowest BCUT2D eigenvalue weighted by Gasteiger charge is -2.19. The summed E-state index contributed by atoms with van der Waals surface area (Å²) in [5, 5.41) is 4.87. The number of likely N-dealkylation sites (N-methyl/N-ethyl adjacent to an activating group) is 1. The van der Waals surface area contributed by atoms with Crippen LogP contribution in [0.3, 0.4) is 0 Å². The third-order valence-corrected chi connectivity index (χ3v) is 4.00. The molecule has 3 nitrogen and oxygen atoms in total. The molecule has 2 aromatic rings. The molecule has 1 N–H and O–H groups in total. The van der Waals surface area contributed by atoms with Gasteiger partial charge in [-0.3, -0.25) is 0 Å². The molecule has 1 atom stereocenters. The predicted octanol–water partition coefficient (Wildman–Crippen LogP) is 4.49. The monoisotopic (exact) mass is 325 g/mol. The standard InChI is InChI=1S/C16H21Cl2N3/c1-3-8-21-9-7-20-16(21)15(19-4-2)10-12-5-6-13(17)11-14(12)18/h5-7,9,11,15,19H,3-4,8,10H2,1-2H3. The molecule has 0 saturated carbocycles. The number of imidazole rings is 1. The van der Waals surface area contributed by atoms with Gasteiger partial charge in [-0.2, -0.15) is 0 Å². The van der Waals surface area contributed by atoms with E-state index < -0.39 is 0 Å². The van der Waals surface area contributed by atoms with E-state index in [4.69, 9.17) is 23.2 Å². The summed E-state index contributed by atoms with van der Waals surface area (Å²) in [5.74, 6) is 1.06. The first kappa shape index (κ1) is 16.3. The third-order valence-electron chi connectivity index (χ3n) is 3.41. The average Bonchev–Trinajstić information content (AvgIpc) is 2.90. The van der Waals surface area contributed by atoms with E-state index in [0.717, 1.165) is 37.3 Å². The summed E-state index contributed by atoms with van der Waals surface area (Å²) in [6.45, 7) is 6.13. The lowest BCUT2D eigenvalue weighted by Crippen LogP contribution is -2.26. The zero-order valence-corrected chi connectivity index (χ0v) is 14.0. The Morgan fingerprint density at radius 1 is 1.29 bits per heavy atom. The van der Waals surface area contributed by atoms with Gasteiger partial charge >= 0.3 is 0 Å². The Morgan fingerprint density at radius 3 is 2.76 bits per heavy atom. The van der Waals surface area contributed by atoms with Gasteiger partial charge in [-0.1, -0.05) is 43.1 Å². The third kappa shape index (κ3) is 4.22. The minimum atomic E-state index is 0.148. The molecule has 1 unspecified atom stereocenters. The van der Waals surface area contributed by atoms with Crippen molar-refractivity contribution in [3.05, 3.63) is 52.0 Å². The fraction of sp³-hybridized carbons (Fsp3) is 0.438. The molecule has 0 spiro atoms. The van der Waals surface area contributed by atoms with Gasteiger partial charge in [-0.05, 0) is 37.1 Å². The lowest BCUT2D eigenvalue weighted by molar-refractivity contribution is 0.488. The second-order valence-electron chi connectivity index (χ2n) is 5.03. The van der Waals surface area contributed by atoms with Crippen molar-refractivity contribution in [1.82, 2.24) is 14.9 Å². The molecule has 0 aliphatic heterocycles. The molecular formula is C16H21Cl2N3. The number of nitrogens with one attached hydrogen (secondary N) is 1. The van der Waals surface area contributed by atoms with E-state index in [2.05, 4.69) is 28.7 Å². The minimum Gasteiger partial charge on any atom is -0.334 e. The van der Waals surface area contributed by atoms with E-state index in [-0.39, 0.29) is 6.04 Å². The number of nitrogens with zero attached hydrogens (tertiary/aromatic N) is 2. The molecule has 1 aromatic carbocycles. The summed E-state index contributed by atoms with van der Waals surface area (Å²) < 4.78 is 2.21. The Hall–Kier alpha value is -1.03. The second-order valence-corrected chi connectivity index (χ2v) is 5.87. The molecule has 0 aliphatic rings. The molecule has 0 aliphatic carbocycles. The average molecular weight is 326 g/mol. The molecule has 0 radical (unpaired) electrons. The number of halogens is 2. The largest absolute Gasteiger partial charge is 0.334 e. The molecule has 5 heteroatoms. The molecule has 0 fully saturated rings. The summed E-state index contributed by atoms with van der Waals surface area (Å²) in [6, 6.07) is 5.81. The quantitative estimate of drug-likeness (QED) is 0.812. The highest BCUT2D eigenvalue weighted by Crippen LogP contribution is 2.26.